The SMILES string of the molecule is O=C(O)c1cc(Br)cnc1NC1(CO)CCCCC1. The first-order valence-corrected chi connectivity index (χ1v) is 7.13. The van der Waals surface area contributed by atoms with E-state index in [2.05, 4.69) is 26.2 Å². The fraction of sp³-hybridized carbons (Fsp3) is 0.538. The fourth-order valence-electron chi connectivity index (χ4n) is 2.50. The highest BCUT2D eigenvalue weighted by molar-refractivity contribution is 9.10. The molecule has 1 saturated carbocycles. The summed E-state index contributed by atoms with van der Waals surface area (Å²) in [7, 11) is 0. The second-order valence-corrected chi connectivity index (χ2v) is 5.89. The molecule has 0 spiro atoms. The van der Waals surface area contributed by atoms with Crippen LogP contribution < -0.4 is 5.32 Å². The molecule has 0 saturated heterocycles. The smallest absolute Gasteiger partial charge is 0.339 e. The first-order chi connectivity index (χ1) is 9.06. The molecule has 0 amide bonds. The summed E-state index contributed by atoms with van der Waals surface area (Å²) in [5.41, 5.74) is -0.323. The molecule has 1 aliphatic rings. The molecule has 1 heterocycles. The molecule has 6 heteroatoms. The number of hydrogen-bond donors (Lipinski definition) is 3. The van der Waals surface area contributed by atoms with Crippen LogP contribution in [0, 0.1) is 0 Å². The maximum Gasteiger partial charge on any atom is 0.339 e. The third kappa shape index (κ3) is 3.25. The number of pyridine rings is 1. The summed E-state index contributed by atoms with van der Waals surface area (Å²) in [5.74, 6) is -0.702. The topological polar surface area (TPSA) is 82.5 Å². The second kappa shape index (κ2) is 5.88. The Kier molecular flexibility index (Phi) is 4.42. The number of carbonyl (C=O) groups is 1. The summed E-state index contributed by atoms with van der Waals surface area (Å²) < 4.78 is 0.622. The molecular formula is C13H17BrN2O3. The number of rotatable bonds is 4. The number of anilines is 1. The van der Waals surface area contributed by atoms with Crippen LogP contribution >= 0.6 is 15.9 Å². The number of aliphatic hydroxyl groups is 1. The number of carboxylic acid groups (broad SMARTS) is 1. The molecule has 5 nitrogen and oxygen atoms in total. The fourth-order valence-corrected chi connectivity index (χ4v) is 2.84. The zero-order valence-corrected chi connectivity index (χ0v) is 12.1. The quantitative estimate of drug-likeness (QED) is 0.791. The lowest BCUT2D eigenvalue weighted by molar-refractivity contribution is 0.0697. The number of aromatic nitrogens is 1. The molecule has 0 aromatic carbocycles. The van der Waals surface area contributed by atoms with Gasteiger partial charge in [0.05, 0.1) is 12.1 Å². The summed E-state index contributed by atoms with van der Waals surface area (Å²) in [4.78, 5) is 15.4. The van der Waals surface area contributed by atoms with Crippen molar-refractivity contribution in [2.75, 3.05) is 11.9 Å². The molecule has 0 radical (unpaired) electrons. The number of hydrogen-bond acceptors (Lipinski definition) is 4. The van der Waals surface area contributed by atoms with Crippen LogP contribution in [0.2, 0.25) is 0 Å². The Hall–Kier alpha value is -1.14. The van der Waals surface area contributed by atoms with E-state index < -0.39 is 11.5 Å². The van der Waals surface area contributed by atoms with Gasteiger partial charge in [0.15, 0.2) is 0 Å². The third-order valence-corrected chi connectivity index (χ3v) is 4.02. The molecule has 2 rings (SSSR count). The Bertz CT molecular complexity index is 473. The second-order valence-electron chi connectivity index (χ2n) is 4.98. The molecule has 3 N–H and O–H groups in total. The molecule has 0 unspecified atom stereocenters. The van der Waals surface area contributed by atoms with Crippen molar-refractivity contribution in [3.63, 3.8) is 0 Å². The number of halogens is 1. The minimum absolute atomic E-state index is 0.0101. The number of aromatic carboxylic acids is 1. The minimum atomic E-state index is -1.03. The highest BCUT2D eigenvalue weighted by atomic mass is 79.9. The molecule has 1 aromatic heterocycles. The van der Waals surface area contributed by atoms with E-state index in [9.17, 15) is 15.0 Å². The van der Waals surface area contributed by atoms with Crippen molar-refractivity contribution < 1.29 is 15.0 Å². The van der Waals surface area contributed by atoms with Crippen LogP contribution in [0.15, 0.2) is 16.7 Å². The van der Waals surface area contributed by atoms with Crippen molar-refractivity contribution in [2.45, 2.75) is 37.6 Å². The average molecular weight is 329 g/mol. The zero-order chi connectivity index (χ0) is 13.9. The van der Waals surface area contributed by atoms with Crippen LogP contribution in [0.5, 0.6) is 0 Å². The van der Waals surface area contributed by atoms with Gasteiger partial charge in [-0.1, -0.05) is 19.3 Å². The van der Waals surface area contributed by atoms with E-state index in [1.807, 2.05) is 0 Å². The van der Waals surface area contributed by atoms with E-state index in [4.69, 9.17) is 0 Å². The first kappa shape index (κ1) is 14.3. The Morgan fingerprint density at radius 3 is 2.68 bits per heavy atom. The van der Waals surface area contributed by atoms with Crippen molar-refractivity contribution in [3.05, 3.63) is 22.3 Å². The maximum absolute atomic E-state index is 11.2. The van der Waals surface area contributed by atoms with Gasteiger partial charge in [-0.15, -0.1) is 0 Å². The highest BCUT2D eigenvalue weighted by Gasteiger charge is 2.32. The summed E-state index contributed by atoms with van der Waals surface area (Å²) in [6.45, 7) is -0.0101. The van der Waals surface area contributed by atoms with E-state index in [0.717, 1.165) is 32.1 Å². The lowest BCUT2D eigenvalue weighted by atomic mass is 9.82. The zero-order valence-electron chi connectivity index (χ0n) is 10.5. The van der Waals surface area contributed by atoms with Gasteiger partial charge in [-0.05, 0) is 34.8 Å². The van der Waals surface area contributed by atoms with E-state index in [1.54, 1.807) is 6.20 Å². The van der Waals surface area contributed by atoms with Crippen LogP contribution in [0.25, 0.3) is 0 Å². The molecule has 1 aromatic rings. The van der Waals surface area contributed by atoms with Crippen molar-refractivity contribution in [3.8, 4) is 0 Å². The van der Waals surface area contributed by atoms with Crippen molar-refractivity contribution in [1.29, 1.82) is 0 Å². The first-order valence-electron chi connectivity index (χ1n) is 6.34. The van der Waals surface area contributed by atoms with Crippen LogP contribution in [-0.4, -0.2) is 33.3 Å². The monoisotopic (exact) mass is 328 g/mol. The lowest BCUT2D eigenvalue weighted by Gasteiger charge is -2.37. The number of carboxylic acids is 1. The van der Waals surface area contributed by atoms with Gasteiger partial charge in [-0.2, -0.15) is 0 Å². The van der Waals surface area contributed by atoms with Crippen molar-refractivity contribution in [2.24, 2.45) is 0 Å². The summed E-state index contributed by atoms with van der Waals surface area (Å²) in [5, 5.41) is 22.0. The third-order valence-electron chi connectivity index (χ3n) is 3.58. The summed E-state index contributed by atoms with van der Waals surface area (Å²) in [6.07, 6.45) is 6.45. The normalized spacial score (nSPS) is 18.0. The minimum Gasteiger partial charge on any atom is -0.478 e. The maximum atomic E-state index is 11.2. The molecule has 19 heavy (non-hydrogen) atoms. The standard InChI is InChI=1S/C13H17BrN2O3/c14-9-6-10(12(18)19)11(15-7-9)16-13(8-17)4-2-1-3-5-13/h6-7,17H,1-5,8H2,(H,15,16)(H,18,19). The van der Waals surface area contributed by atoms with E-state index in [-0.39, 0.29) is 12.2 Å². The van der Waals surface area contributed by atoms with E-state index >= 15 is 0 Å². The molecular weight excluding hydrogens is 312 g/mol. The van der Waals surface area contributed by atoms with Gasteiger partial charge >= 0.3 is 5.97 Å². The van der Waals surface area contributed by atoms with Crippen LogP contribution in [0.4, 0.5) is 5.82 Å². The van der Waals surface area contributed by atoms with Crippen LogP contribution in [0.1, 0.15) is 42.5 Å². The Balaban J connectivity index is 2.28. The van der Waals surface area contributed by atoms with Gasteiger partial charge in [0.2, 0.25) is 0 Å². The number of nitrogens with one attached hydrogen (secondary N) is 1. The summed E-state index contributed by atoms with van der Waals surface area (Å²) in [6, 6.07) is 1.52. The van der Waals surface area contributed by atoms with E-state index in [1.165, 1.54) is 6.07 Å². The molecule has 1 aliphatic carbocycles. The molecule has 0 bridgehead atoms. The molecule has 0 atom stereocenters. The van der Waals surface area contributed by atoms with Gasteiger partial charge in [0.25, 0.3) is 0 Å². The van der Waals surface area contributed by atoms with Gasteiger partial charge in [0.1, 0.15) is 11.4 Å². The average Bonchev–Trinajstić information content (AvgIpc) is 2.42. The number of nitrogens with zero attached hydrogens (tertiary/aromatic N) is 1. The van der Waals surface area contributed by atoms with Gasteiger partial charge in [0, 0.05) is 10.7 Å². The Morgan fingerprint density at radius 1 is 1.42 bits per heavy atom. The molecule has 1 fully saturated rings. The highest BCUT2D eigenvalue weighted by Crippen LogP contribution is 2.32. The largest absolute Gasteiger partial charge is 0.478 e. The van der Waals surface area contributed by atoms with Crippen molar-refractivity contribution in [1.82, 2.24) is 4.98 Å². The van der Waals surface area contributed by atoms with Gasteiger partial charge < -0.3 is 15.5 Å². The predicted molar refractivity (Wildman–Crippen MR) is 75.4 cm³/mol. The van der Waals surface area contributed by atoms with Gasteiger partial charge in [-0.25, -0.2) is 9.78 Å². The lowest BCUT2D eigenvalue weighted by Crippen LogP contribution is -2.44. The Labute approximate surface area is 120 Å². The van der Waals surface area contributed by atoms with Gasteiger partial charge in [-0.3, -0.25) is 0 Å². The van der Waals surface area contributed by atoms with Crippen LogP contribution in [0.3, 0.4) is 0 Å². The predicted octanol–water partition coefficient (Wildman–Crippen LogP) is 2.65. The molecule has 104 valence electrons. The van der Waals surface area contributed by atoms with Crippen LogP contribution in [-0.2, 0) is 0 Å². The van der Waals surface area contributed by atoms with E-state index in [0.29, 0.717) is 10.3 Å². The van der Waals surface area contributed by atoms with Crippen molar-refractivity contribution >= 4 is 27.7 Å². The summed E-state index contributed by atoms with van der Waals surface area (Å²) >= 11 is 3.22. The Morgan fingerprint density at radius 2 is 2.11 bits per heavy atom. The molecule has 0 aliphatic heterocycles. The number of aliphatic hydroxyl groups excluding tert-OH is 1.